The molecule has 0 spiro atoms. The Hall–Kier alpha value is -2.54. The van der Waals surface area contributed by atoms with Gasteiger partial charge in [0.2, 0.25) is 0 Å². The largest absolute Gasteiger partial charge is 0.497 e. The van der Waals surface area contributed by atoms with Crippen molar-refractivity contribution in [3.8, 4) is 11.8 Å². The average molecular weight is 270 g/mol. The molecule has 0 atom stereocenters. The minimum atomic E-state index is -0.302. The Bertz CT molecular complexity index is 632. The van der Waals surface area contributed by atoms with Gasteiger partial charge in [0.1, 0.15) is 11.6 Å². The van der Waals surface area contributed by atoms with Crippen molar-refractivity contribution in [1.82, 2.24) is 0 Å². The standard InChI is InChI=1S/C16H15FN2O/c1-19(14-4-6-15(20-2)7-5-14)11-13-9-12(10-18)3-8-16(13)17/h3-9H,11H2,1-2H3. The number of nitrogens with zero attached hydrogens (tertiary/aromatic N) is 2. The second-order valence-electron chi connectivity index (χ2n) is 4.47. The lowest BCUT2D eigenvalue weighted by atomic mass is 10.1. The van der Waals surface area contributed by atoms with Gasteiger partial charge in [0, 0.05) is 24.8 Å². The van der Waals surface area contributed by atoms with E-state index in [4.69, 9.17) is 10.00 Å². The molecule has 2 aromatic carbocycles. The Morgan fingerprint density at radius 3 is 2.50 bits per heavy atom. The molecule has 4 heteroatoms. The van der Waals surface area contributed by atoms with E-state index in [1.54, 1.807) is 13.2 Å². The number of nitriles is 1. The van der Waals surface area contributed by atoms with Crippen molar-refractivity contribution in [3.05, 3.63) is 59.4 Å². The summed E-state index contributed by atoms with van der Waals surface area (Å²) in [5.41, 5.74) is 1.92. The minimum Gasteiger partial charge on any atom is -0.497 e. The lowest BCUT2D eigenvalue weighted by Gasteiger charge is -2.20. The molecule has 0 aliphatic carbocycles. The lowest BCUT2D eigenvalue weighted by Crippen LogP contribution is -2.17. The molecule has 0 saturated carbocycles. The van der Waals surface area contributed by atoms with E-state index < -0.39 is 0 Å². The monoisotopic (exact) mass is 270 g/mol. The van der Waals surface area contributed by atoms with Crippen LogP contribution in [0.25, 0.3) is 0 Å². The number of methoxy groups -OCH3 is 1. The highest BCUT2D eigenvalue weighted by molar-refractivity contribution is 5.49. The van der Waals surface area contributed by atoms with Gasteiger partial charge in [-0.25, -0.2) is 4.39 Å². The number of halogens is 1. The van der Waals surface area contributed by atoms with Crippen LogP contribution in [-0.2, 0) is 6.54 Å². The molecule has 3 nitrogen and oxygen atoms in total. The maximum Gasteiger partial charge on any atom is 0.128 e. The van der Waals surface area contributed by atoms with Gasteiger partial charge < -0.3 is 9.64 Å². The summed E-state index contributed by atoms with van der Waals surface area (Å²) in [6.45, 7) is 0.397. The first-order valence-electron chi connectivity index (χ1n) is 6.17. The van der Waals surface area contributed by atoms with Gasteiger partial charge in [0.25, 0.3) is 0 Å². The highest BCUT2D eigenvalue weighted by atomic mass is 19.1. The van der Waals surface area contributed by atoms with E-state index in [1.807, 2.05) is 42.3 Å². The number of ether oxygens (including phenoxy) is 1. The fourth-order valence-corrected chi connectivity index (χ4v) is 1.95. The molecule has 0 unspecified atom stereocenters. The van der Waals surface area contributed by atoms with Crippen molar-refractivity contribution in [1.29, 1.82) is 5.26 Å². The summed E-state index contributed by atoms with van der Waals surface area (Å²) in [6, 6.07) is 13.9. The quantitative estimate of drug-likeness (QED) is 0.855. The zero-order valence-corrected chi connectivity index (χ0v) is 11.4. The number of hydrogen-bond donors (Lipinski definition) is 0. The highest BCUT2D eigenvalue weighted by Gasteiger charge is 2.08. The summed E-state index contributed by atoms with van der Waals surface area (Å²) < 4.78 is 18.8. The molecule has 0 aliphatic rings. The molecule has 0 heterocycles. The van der Waals surface area contributed by atoms with E-state index in [0.717, 1.165) is 11.4 Å². The van der Waals surface area contributed by atoms with Crippen LogP contribution in [0.3, 0.4) is 0 Å². The highest BCUT2D eigenvalue weighted by Crippen LogP contribution is 2.21. The Morgan fingerprint density at radius 1 is 1.20 bits per heavy atom. The van der Waals surface area contributed by atoms with Crippen LogP contribution < -0.4 is 9.64 Å². The van der Waals surface area contributed by atoms with Crippen LogP contribution in [0, 0.1) is 17.1 Å². The molecular weight excluding hydrogens is 255 g/mol. The Morgan fingerprint density at radius 2 is 1.90 bits per heavy atom. The number of benzene rings is 2. The van der Waals surface area contributed by atoms with Gasteiger partial charge in [0.15, 0.2) is 0 Å². The summed E-state index contributed by atoms with van der Waals surface area (Å²) in [6.07, 6.45) is 0. The van der Waals surface area contributed by atoms with Crippen LogP contribution in [0.1, 0.15) is 11.1 Å². The normalized spacial score (nSPS) is 9.90. The Labute approximate surface area is 117 Å². The third kappa shape index (κ3) is 3.07. The average Bonchev–Trinajstić information content (AvgIpc) is 2.49. The van der Waals surface area contributed by atoms with E-state index >= 15 is 0 Å². The molecule has 0 N–H and O–H groups in total. The second-order valence-corrected chi connectivity index (χ2v) is 4.47. The maximum absolute atomic E-state index is 13.7. The number of rotatable bonds is 4. The van der Waals surface area contributed by atoms with Crippen molar-refractivity contribution in [3.63, 3.8) is 0 Å². The smallest absolute Gasteiger partial charge is 0.128 e. The molecule has 102 valence electrons. The molecule has 0 saturated heterocycles. The van der Waals surface area contributed by atoms with E-state index in [-0.39, 0.29) is 5.82 Å². The third-order valence-corrected chi connectivity index (χ3v) is 3.10. The molecule has 2 aromatic rings. The van der Waals surface area contributed by atoms with Gasteiger partial charge in [-0.3, -0.25) is 0 Å². The van der Waals surface area contributed by atoms with Crippen LogP contribution in [0.15, 0.2) is 42.5 Å². The van der Waals surface area contributed by atoms with Crippen molar-refractivity contribution >= 4 is 5.69 Å². The summed E-state index contributed by atoms with van der Waals surface area (Å²) in [5, 5.41) is 8.86. The van der Waals surface area contributed by atoms with Gasteiger partial charge in [-0.05, 0) is 42.5 Å². The molecule has 0 radical (unpaired) electrons. The molecule has 0 bridgehead atoms. The Balaban J connectivity index is 2.18. The number of hydrogen-bond acceptors (Lipinski definition) is 3. The summed E-state index contributed by atoms with van der Waals surface area (Å²) in [4.78, 5) is 1.92. The van der Waals surface area contributed by atoms with E-state index in [1.165, 1.54) is 12.1 Å². The fraction of sp³-hybridized carbons (Fsp3) is 0.188. The van der Waals surface area contributed by atoms with E-state index in [9.17, 15) is 4.39 Å². The van der Waals surface area contributed by atoms with Gasteiger partial charge >= 0.3 is 0 Å². The molecule has 0 amide bonds. The van der Waals surface area contributed by atoms with Gasteiger partial charge in [-0.15, -0.1) is 0 Å². The van der Waals surface area contributed by atoms with Crippen LogP contribution in [0.4, 0.5) is 10.1 Å². The van der Waals surface area contributed by atoms with E-state index in [2.05, 4.69) is 0 Å². The molecule has 20 heavy (non-hydrogen) atoms. The zero-order chi connectivity index (χ0) is 14.5. The van der Waals surface area contributed by atoms with Crippen LogP contribution in [0.5, 0.6) is 5.75 Å². The van der Waals surface area contributed by atoms with Crippen molar-refractivity contribution in [2.75, 3.05) is 19.1 Å². The van der Waals surface area contributed by atoms with Crippen molar-refractivity contribution < 1.29 is 9.13 Å². The minimum absolute atomic E-state index is 0.302. The number of anilines is 1. The molecular formula is C16H15FN2O. The summed E-state index contributed by atoms with van der Waals surface area (Å²) in [7, 11) is 3.49. The topological polar surface area (TPSA) is 36.3 Å². The first-order valence-corrected chi connectivity index (χ1v) is 6.17. The fourth-order valence-electron chi connectivity index (χ4n) is 1.95. The lowest BCUT2D eigenvalue weighted by molar-refractivity contribution is 0.415. The van der Waals surface area contributed by atoms with Crippen LogP contribution in [0.2, 0.25) is 0 Å². The third-order valence-electron chi connectivity index (χ3n) is 3.10. The van der Waals surface area contributed by atoms with Crippen molar-refractivity contribution in [2.45, 2.75) is 6.54 Å². The molecule has 0 aliphatic heterocycles. The van der Waals surface area contributed by atoms with Gasteiger partial charge in [0.05, 0.1) is 18.7 Å². The second kappa shape index (κ2) is 6.07. The predicted octanol–water partition coefficient (Wildman–Crippen LogP) is 3.34. The summed E-state index contributed by atoms with van der Waals surface area (Å²) in [5.74, 6) is 0.476. The molecule has 2 rings (SSSR count). The first-order chi connectivity index (χ1) is 9.63. The maximum atomic E-state index is 13.7. The molecule has 0 fully saturated rings. The van der Waals surface area contributed by atoms with Crippen molar-refractivity contribution in [2.24, 2.45) is 0 Å². The van der Waals surface area contributed by atoms with Crippen LogP contribution in [-0.4, -0.2) is 14.2 Å². The van der Waals surface area contributed by atoms with E-state index in [0.29, 0.717) is 17.7 Å². The predicted molar refractivity (Wildman–Crippen MR) is 76.2 cm³/mol. The summed E-state index contributed by atoms with van der Waals surface area (Å²) >= 11 is 0. The Kier molecular flexibility index (Phi) is 4.21. The molecule has 0 aromatic heterocycles. The SMILES string of the molecule is COc1ccc(N(C)Cc2cc(C#N)ccc2F)cc1. The van der Waals surface area contributed by atoms with Gasteiger partial charge in [-0.2, -0.15) is 5.26 Å². The van der Waals surface area contributed by atoms with Gasteiger partial charge in [-0.1, -0.05) is 0 Å². The van der Waals surface area contributed by atoms with Crippen LogP contribution >= 0.6 is 0 Å². The first kappa shape index (κ1) is 13.9. The zero-order valence-electron chi connectivity index (χ0n) is 11.4.